The summed E-state index contributed by atoms with van der Waals surface area (Å²) in [5.74, 6) is -3.99. The number of carboxylic acid groups (broad SMARTS) is 1. The van der Waals surface area contributed by atoms with Gasteiger partial charge in [-0.05, 0) is 18.2 Å². The Kier molecular flexibility index (Phi) is 6.59. The molecule has 0 spiro atoms. The van der Waals surface area contributed by atoms with Gasteiger partial charge in [-0.15, -0.1) is 0 Å². The molecule has 0 saturated heterocycles. The van der Waals surface area contributed by atoms with Gasteiger partial charge in [0.25, 0.3) is 5.69 Å². The summed E-state index contributed by atoms with van der Waals surface area (Å²) in [5.41, 5.74) is -0.585. The van der Waals surface area contributed by atoms with E-state index in [0.717, 1.165) is 24.3 Å². The summed E-state index contributed by atoms with van der Waals surface area (Å²) >= 11 is 0. The summed E-state index contributed by atoms with van der Waals surface area (Å²) in [6.07, 6.45) is -1.03. The van der Waals surface area contributed by atoms with Crippen LogP contribution in [0.15, 0.2) is 36.4 Å². The number of hydrogen-bond acceptors (Lipinski definition) is 5. The van der Waals surface area contributed by atoms with Crippen LogP contribution in [-0.2, 0) is 22.4 Å². The van der Waals surface area contributed by atoms with Gasteiger partial charge in [0, 0.05) is 29.7 Å². The van der Waals surface area contributed by atoms with Gasteiger partial charge >= 0.3 is 5.97 Å². The van der Waals surface area contributed by atoms with Crippen LogP contribution in [0.4, 0.5) is 14.5 Å². The molecule has 148 valence electrons. The highest BCUT2D eigenvalue weighted by molar-refractivity contribution is 5.85. The average molecular weight is 394 g/mol. The maximum absolute atomic E-state index is 13.7. The van der Waals surface area contributed by atoms with Crippen LogP contribution in [0.25, 0.3) is 0 Å². The van der Waals surface area contributed by atoms with Crippen molar-refractivity contribution in [2.75, 3.05) is 7.11 Å². The number of carbonyl (C=O) groups is 2. The van der Waals surface area contributed by atoms with Gasteiger partial charge in [-0.1, -0.05) is 6.07 Å². The van der Waals surface area contributed by atoms with Crippen molar-refractivity contribution < 1.29 is 33.1 Å². The number of halogens is 2. The van der Waals surface area contributed by atoms with Crippen molar-refractivity contribution in [3.8, 4) is 5.75 Å². The van der Waals surface area contributed by atoms with Gasteiger partial charge in [0.05, 0.1) is 18.5 Å². The second-order valence-corrected chi connectivity index (χ2v) is 5.79. The minimum Gasteiger partial charge on any atom is -0.496 e. The summed E-state index contributed by atoms with van der Waals surface area (Å²) in [6.45, 7) is 0. The van der Waals surface area contributed by atoms with Crippen LogP contribution < -0.4 is 10.1 Å². The van der Waals surface area contributed by atoms with Crippen molar-refractivity contribution in [1.29, 1.82) is 0 Å². The molecule has 2 rings (SSSR count). The van der Waals surface area contributed by atoms with Gasteiger partial charge in [-0.3, -0.25) is 14.9 Å². The van der Waals surface area contributed by atoms with Gasteiger partial charge in [0.2, 0.25) is 5.91 Å². The van der Waals surface area contributed by atoms with E-state index in [1.165, 1.54) is 19.2 Å². The lowest BCUT2D eigenvalue weighted by molar-refractivity contribution is -0.384. The van der Waals surface area contributed by atoms with E-state index in [-0.39, 0.29) is 23.4 Å². The zero-order valence-corrected chi connectivity index (χ0v) is 14.6. The van der Waals surface area contributed by atoms with E-state index >= 15 is 0 Å². The number of nitro benzene ring substituents is 1. The Hall–Kier alpha value is -3.56. The standard InChI is InChI=1S/C18H16F2N2O6/c1-28-16-6-5-11(22(26)27)7-10(16)8-15(18(24)25)21-17(23)9-12-13(19)3-2-4-14(12)20/h2-7,15H,8-9H2,1H3,(H,21,23)(H,24,25)/t15-/m0/s1. The molecule has 8 nitrogen and oxygen atoms in total. The minimum atomic E-state index is -1.49. The lowest BCUT2D eigenvalue weighted by Gasteiger charge is -2.16. The highest BCUT2D eigenvalue weighted by Gasteiger charge is 2.24. The summed E-state index contributed by atoms with van der Waals surface area (Å²) in [6, 6.07) is 5.25. The highest BCUT2D eigenvalue weighted by Crippen LogP contribution is 2.25. The molecule has 2 aromatic carbocycles. The van der Waals surface area contributed by atoms with Crippen molar-refractivity contribution in [3.63, 3.8) is 0 Å². The maximum Gasteiger partial charge on any atom is 0.326 e. The Morgan fingerprint density at radius 2 is 1.89 bits per heavy atom. The molecule has 0 radical (unpaired) electrons. The molecule has 2 N–H and O–H groups in total. The normalized spacial score (nSPS) is 11.5. The number of nitrogens with zero attached hydrogens (tertiary/aromatic N) is 1. The third-order valence-electron chi connectivity index (χ3n) is 3.93. The molecule has 0 aliphatic carbocycles. The van der Waals surface area contributed by atoms with Gasteiger partial charge in [0.1, 0.15) is 23.4 Å². The van der Waals surface area contributed by atoms with Crippen LogP contribution in [0, 0.1) is 21.7 Å². The van der Waals surface area contributed by atoms with Crippen LogP contribution in [0.2, 0.25) is 0 Å². The second kappa shape index (κ2) is 8.89. The third kappa shape index (κ3) is 5.00. The van der Waals surface area contributed by atoms with Gasteiger partial charge in [-0.2, -0.15) is 0 Å². The van der Waals surface area contributed by atoms with Crippen LogP contribution in [0.1, 0.15) is 11.1 Å². The first-order valence-corrected chi connectivity index (χ1v) is 7.99. The Balaban J connectivity index is 2.20. The fourth-order valence-corrected chi connectivity index (χ4v) is 2.57. The van der Waals surface area contributed by atoms with Crippen LogP contribution in [0.5, 0.6) is 5.75 Å². The topological polar surface area (TPSA) is 119 Å². The smallest absolute Gasteiger partial charge is 0.326 e. The minimum absolute atomic E-state index is 0.182. The first kappa shape index (κ1) is 20.7. The predicted molar refractivity (Wildman–Crippen MR) is 93.0 cm³/mol. The Bertz CT molecular complexity index is 899. The Morgan fingerprint density at radius 1 is 1.25 bits per heavy atom. The molecule has 0 aromatic heterocycles. The van der Waals surface area contributed by atoms with E-state index in [9.17, 15) is 33.6 Å². The number of non-ortho nitro benzene ring substituents is 1. The highest BCUT2D eigenvalue weighted by atomic mass is 19.1. The third-order valence-corrected chi connectivity index (χ3v) is 3.93. The summed E-state index contributed by atoms with van der Waals surface area (Å²) in [7, 11) is 1.31. The maximum atomic E-state index is 13.7. The van der Waals surface area contributed by atoms with Crippen LogP contribution in [-0.4, -0.2) is 35.1 Å². The largest absolute Gasteiger partial charge is 0.496 e. The molecule has 0 saturated carbocycles. The van der Waals surface area contributed by atoms with Gasteiger partial charge in [-0.25, -0.2) is 13.6 Å². The summed E-state index contributed by atoms with van der Waals surface area (Å²) < 4.78 is 32.4. The van der Waals surface area contributed by atoms with E-state index in [0.29, 0.717) is 0 Å². The van der Waals surface area contributed by atoms with Crippen LogP contribution >= 0.6 is 0 Å². The summed E-state index contributed by atoms with van der Waals surface area (Å²) in [5, 5.41) is 22.5. The van der Waals surface area contributed by atoms with E-state index in [1.54, 1.807) is 0 Å². The van der Waals surface area contributed by atoms with E-state index in [2.05, 4.69) is 5.32 Å². The molecule has 0 unspecified atom stereocenters. The molecular weight excluding hydrogens is 378 g/mol. The van der Waals surface area contributed by atoms with Crippen molar-refractivity contribution >= 4 is 17.6 Å². The molecule has 0 heterocycles. The second-order valence-electron chi connectivity index (χ2n) is 5.79. The number of rotatable bonds is 8. The number of nitro groups is 1. The van der Waals surface area contributed by atoms with E-state index in [1.807, 2.05) is 0 Å². The monoisotopic (exact) mass is 394 g/mol. The molecule has 1 atom stereocenters. The fraction of sp³-hybridized carbons (Fsp3) is 0.222. The van der Waals surface area contributed by atoms with E-state index in [4.69, 9.17) is 4.74 Å². The fourth-order valence-electron chi connectivity index (χ4n) is 2.57. The number of benzene rings is 2. The van der Waals surface area contributed by atoms with Crippen molar-refractivity contribution in [3.05, 3.63) is 69.3 Å². The number of amides is 1. The zero-order chi connectivity index (χ0) is 20.8. The molecule has 10 heteroatoms. The molecule has 0 aliphatic rings. The first-order chi connectivity index (χ1) is 13.2. The first-order valence-electron chi connectivity index (χ1n) is 7.99. The summed E-state index contributed by atoms with van der Waals surface area (Å²) in [4.78, 5) is 33.9. The zero-order valence-electron chi connectivity index (χ0n) is 14.6. The Labute approximate surface area is 157 Å². The van der Waals surface area contributed by atoms with Crippen molar-refractivity contribution in [2.45, 2.75) is 18.9 Å². The number of methoxy groups -OCH3 is 1. The van der Waals surface area contributed by atoms with Gasteiger partial charge in [0.15, 0.2) is 0 Å². The Morgan fingerprint density at radius 3 is 2.43 bits per heavy atom. The molecule has 0 bridgehead atoms. The number of carboxylic acids is 1. The van der Waals surface area contributed by atoms with Gasteiger partial charge < -0.3 is 15.2 Å². The lowest BCUT2D eigenvalue weighted by Crippen LogP contribution is -2.43. The molecule has 0 fully saturated rings. The molecule has 2 aromatic rings. The van der Waals surface area contributed by atoms with Crippen LogP contribution in [0.3, 0.4) is 0 Å². The molecule has 1 amide bonds. The number of carbonyl (C=O) groups excluding carboxylic acids is 1. The van der Waals surface area contributed by atoms with E-state index < -0.39 is 46.5 Å². The molecular formula is C18H16F2N2O6. The number of hydrogen-bond donors (Lipinski definition) is 2. The number of nitrogens with one attached hydrogen (secondary N) is 1. The molecule has 28 heavy (non-hydrogen) atoms. The number of aliphatic carboxylic acids is 1. The number of ether oxygens (including phenoxy) is 1. The quantitative estimate of drug-likeness (QED) is 0.524. The lowest BCUT2D eigenvalue weighted by atomic mass is 10.0. The molecule has 0 aliphatic heterocycles. The van der Waals surface area contributed by atoms with Crippen molar-refractivity contribution in [1.82, 2.24) is 5.32 Å². The van der Waals surface area contributed by atoms with Crippen molar-refractivity contribution in [2.24, 2.45) is 0 Å². The predicted octanol–water partition coefficient (Wildman–Crippen LogP) is 2.24. The average Bonchev–Trinajstić information content (AvgIpc) is 2.64. The SMILES string of the molecule is COc1ccc([N+](=O)[O-])cc1C[C@H](NC(=O)Cc1c(F)cccc1F)C(=O)O.